The normalized spacial score (nSPS) is 12.1. The lowest BCUT2D eigenvalue weighted by atomic mass is 10.2. The molecule has 0 aliphatic carbocycles. The van der Waals surface area contributed by atoms with Gasteiger partial charge in [-0.05, 0) is 0 Å². The van der Waals surface area contributed by atoms with Gasteiger partial charge in [0, 0.05) is 11.5 Å². The lowest BCUT2D eigenvalue weighted by Crippen LogP contribution is -2.11. The van der Waals surface area contributed by atoms with E-state index >= 15 is 0 Å². The molecule has 0 saturated carbocycles. The Morgan fingerprint density at radius 2 is 2.31 bits per heavy atom. The maximum absolute atomic E-state index is 10.4. The van der Waals surface area contributed by atoms with Crippen molar-refractivity contribution in [2.24, 2.45) is 5.92 Å². The molecule has 13 heavy (non-hydrogen) atoms. The number of carbonyl (C=O) groups is 2. The predicted molar refractivity (Wildman–Crippen MR) is 53.7 cm³/mol. The molecule has 76 valence electrons. The van der Waals surface area contributed by atoms with Gasteiger partial charge in [0.25, 0.3) is 6.47 Å². The van der Waals surface area contributed by atoms with Crippen LogP contribution in [0, 0.1) is 5.92 Å². The second kappa shape index (κ2) is 8.25. The standard InChI is InChI=1S/C7H12O4S2/c1-6(7(9)10)4-13-12-3-2-11-5-8/h5-6H,2-4H2,1H3,(H,9,10). The van der Waals surface area contributed by atoms with Crippen LogP contribution in [0.25, 0.3) is 0 Å². The van der Waals surface area contributed by atoms with E-state index < -0.39 is 5.97 Å². The quantitative estimate of drug-likeness (QED) is 0.380. The Bertz CT molecular complexity index is 163. The van der Waals surface area contributed by atoms with Crippen molar-refractivity contribution in [3.63, 3.8) is 0 Å². The zero-order valence-corrected chi connectivity index (χ0v) is 8.90. The number of hydrogen-bond donors (Lipinski definition) is 1. The zero-order chi connectivity index (χ0) is 10.1. The second-order valence-electron chi connectivity index (χ2n) is 2.31. The molecular weight excluding hydrogens is 212 g/mol. The van der Waals surface area contributed by atoms with Gasteiger partial charge >= 0.3 is 5.97 Å². The molecule has 1 unspecified atom stereocenters. The molecule has 4 nitrogen and oxygen atoms in total. The average molecular weight is 224 g/mol. The van der Waals surface area contributed by atoms with Crippen LogP contribution in [0.5, 0.6) is 0 Å². The molecule has 0 spiro atoms. The van der Waals surface area contributed by atoms with Crippen molar-refractivity contribution in [2.75, 3.05) is 18.1 Å². The molecule has 0 fully saturated rings. The first kappa shape index (κ1) is 12.6. The van der Waals surface area contributed by atoms with Crippen LogP contribution >= 0.6 is 21.6 Å². The summed E-state index contributed by atoms with van der Waals surface area (Å²) >= 11 is 0. The minimum Gasteiger partial charge on any atom is -0.481 e. The summed E-state index contributed by atoms with van der Waals surface area (Å²) in [6, 6.07) is 0. The van der Waals surface area contributed by atoms with Crippen LogP contribution in [0.2, 0.25) is 0 Å². The summed E-state index contributed by atoms with van der Waals surface area (Å²) in [4.78, 5) is 20.1. The molecule has 0 aromatic carbocycles. The largest absolute Gasteiger partial charge is 0.481 e. The molecule has 6 heteroatoms. The van der Waals surface area contributed by atoms with Crippen LogP contribution in [-0.2, 0) is 14.3 Å². The monoisotopic (exact) mass is 224 g/mol. The molecule has 0 aromatic heterocycles. The number of carboxylic acid groups (broad SMARTS) is 1. The first-order chi connectivity index (χ1) is 6.18. The summed E-state index contributed by atoms with van der Waals surface area (Å²) in [6.07, 6.45) is 0. The highest BCUT2D eigenvalue weighted by Crippen LogP contribution is 2.23. The molecule has 0 bridgehead atoms. The zero-order valence-electron chi connectivity index (χ0n) is 7.26. The minimum absolute atomic E-state index is 0.329. The number of carboxylic acids is 1. The van der Waals surface area contributed by atoms with Gasteiger partial charge in [-0.15, -0.1) is 0 Å². The molecule has 0 heterocycles. The molecule has 1 N–H and O–H groups in total. The van der Waals surface area contributed by atoms with Gasteiger partial charge in [-0.2, -0.15) is 0 Å². The summed E-state index contributed by atoms with van der Waals surface area (Å²) in [5, 5.41) is 8.53. The third-order valence-electron chi connectivity index (χ3n) is 1.18. The summed E-state index contributed by atoms with van der Waals surface area (Å²) in [7, 11) is 2.99. The topological polar surface area (TPSA) is 63.6 Å². The third kappa shape index (κ3) is 7.98. The van der Waals surface area contributed by atoms with Crippen LogP contribution in [-0.4, -0.2) is 35.7 Å². The Morgan fingerprint density at radius 1 is 1.62 bits per heavy atom. The molecule has 0 radical (unpaired) electrons. The average Bonchev–Trinajstić information content (AvgIpc) is 2.10. The molecule has 0 rings (SSSR count). The Kier molecular flexibility index (Phi) is 8.02. The fourth-order valence-corrected chi connectivity index (χ4v) is 2.59. The van der Waals surface area contributed by atoms with E-state index in [1.807, 2.05) is 0 Å². The summed E-state index contributed by atoms with van der Waals surface area (Å²) in [6.45, 7) is 2.45. The Labute approximate surface area is 84.8 Å². The van der Waals surface area contributed by atoms with Gasteiger partial charge in [0.15, 0.2) is 0 Å². The van der Waals surface area contributed by atoms with Crippen LogP contribution in [0.15, 0.2) is 0 Å². The van der Waals surface area contributed by atoms with Crippen molar-refractivity contribution in [3.05, 3.63) is 0 Å². The molecule has 0 amide bonds. The van der Waals surface area contributed by atoms with E-state index in [-0.39, 0.29) is 5.92 Å². The van der Waals surface area contributed by atoms with Gasteiger partial charge in [0.1, 0.15) is 6.61 Å². The van der Waals surface area contributed by atoms with Crippen molar-refractivity contribution >= 4 is 34.0 Å². The Balaban J connectivity index is 3.15. The van der Waals surface area contributed by atoms with E-state index in [1.165, 1.54) is 21.6 Å². The van der Waals surface area contributed by atoms with Gasteiger partial charge < -0.3 is 9.84 Å². The van der Waals surface area contributed by atoms with Gasteiger partial charge in [-0.3, -0.25) is 9.59 Å². The minimum atomic E-state index is -0.780. The highest BCUT2D eigenvalue weighted by molar-refractivity contribution is 8.76. The number of rotatable bonds is 8. The summed E-state index contributed by atoms with van der Waals surface area (Å²) < 4.78 is 4.46. The highest BCUT2D eigenvalue weighted by atomic mass is 33.1. The van der Waals surface area contributed by atoms with Gasteiger partial charge in [-0.25, -0.2) is 0 Å². The molecule has 0 saturated heterocycles. The molecular formula is C7H12O4S2. The Hall–Kier alpha value is -0.360. The fourth-order valence-electron chi connectivity index (χ4n) is 0.411. The van der Waals surface area contributed by atoms with Crippen LogP contribution < -0.4 is 0 Å². The number of aliphatic carboxylic acids is 1. The first-order valence-electron chi connectivity index (χ1n) is 3.71. The van der Waals surface area contributed by atoms with Crippen molar-refractivity contribution < 1.29 is 19.4 Å². The van der Waals surface area contributed by atoms with Crippen LogP contribution in [0.4, 0.5) is 0 Å². The number of hydrogen-bond acceptors (Lipinski definition) is 5. The van der Waals surface area contributed by atoms with E-state index in [4.69, 9.17) is 5.11 Å². The lowest BCUT2D eigenvalue weighted by molar-refractivity contribution is -0.140. The van der Waals surface area contributed by atoms with Crippen LogP contribution in [0.3, 0.4) is 0 Å². The summed E-state index contributed by atoms with van der Waals surface area (Å²) in [5.74, 6) is 0.151. The second-order valence-corrected chi connectivity index (χ2v) is 4.94. The number of carbonyl (C=O) groups excluding carboxylic acids is 1. The first-order valence-corrected chi connectivity index (χ1v) is 6.19. The molecule has 0 aliphatic rings. The van der Waals surface area contributed by atoms with E-state index in [9.17, 15) is 9.59 Å². The van der Waals surface area contributed by atoms with Crippen molar-refractivity contribution in [1.29, 1.82) is 0 Å². The SMILES string of the molecule is CC(CSSCCOC=O)C(=O)O. The smallest absolute Gasteiger partial charge is 0.307 e. The number of ether oxygens (including phenoxy) is 1. The molecule has 1 atom stereocenters. The maximum Gasteiger partial charge on any atom is 0.307 e. The third-order valence-corrected chi connectivity index (χ3v) is 3.72. The van der Waals surface area contributed by atoms with E-state index in [0.29, 0.717) is 24.6 Å². The molecule has 0 aromatic rings. The summed E-state index contributed by atoms with van der Waals surface area (Å²) in [5.41, 5.74) is 0. The van der Waals surface area contributed by atoms with Gasteiger partial charge in [0.2, 0.25) is 0 Å². The van der Waals surface area contributed by atoms with Crippen molar-refractivity contribution in [1.82, 2.24) is 0 Å². The van der Waals surface area contributed by atoms with E-state index in [1.54, 1.807) is 6.92 Å². The maximum atomic E-state index is 10.4. The van der Waals surface area contributed by atoms with Gasteiger partial charge in [0.05, 0.1) is 5.92 Å². The van der Waals surface area contributed by atoms with Crippen molar-refractivity contribution in [2.45, 2.75) is 6.92 Å². The Morgan fingerprint density at radius 3 is 2.85 bits per heavy atom. The van der Waals surface area contributed by atoms with Crippen molar-refractivity contribution in [3.8, 4) is 0 Å². The van der Waals surface area contributed by atoms with E-state index in [2.05, 4.69) is 4.74 Å². The van der Waals surface area contributed by atoms with Gasteiger partial charge in [-0.1, -0.05) is 28.5 Å². The highest BCUT2D eigenvalue weighted by Gasteiger charge is 2.10. The predicted octanol–water partition coefficient (Wildman–Crippen LogP) is 1.26. The van der Waals surface area contributed by atoms with Crippen LogP contribution in [0.1, 0.15) is 6.92 Å². The lowest BCUT2D eigenvalue weighted by Gasteiger charge is -2.04. The molecule has 0 aliphatic heterocycles. The van der Waals surface area contributed by atoms with E-state index in [0.717, 1.165) is 0 Å². The fraction of sp³-hybridized carbons (Fsp3) is 0.714.